The minimum absolute atomic E-state index is 0.221. The standard InChI is InChI=1S/C19H20N4O3/c1-12-11-13(2)20-17(24)16(12)18(25)22-7-9-23(10-8-22)19-21-14-5-3-4-6-15(14)26-19/h3-6,11H,7-10H2,1-2H3,(H,20,24). The van der Waals surface area contributed by atoms with Crippen molar-refractivity contribution < 1.29 is 9.21 Å². The van der Waals surface area contributed by atoms with Gasteiger partial charge in [0.2, 0.25) is 0 Å². The van der Waals surface area contributed by atoms with Crippen LogP contribution in [0.25, 0.3) is 11.1 Å². The first-order valence-electron chi connectivity index (χ1n) is 8.63. The Morgan fingerprint density at radius 3 is 2.58 bits per heavy atom. The van der Waals surface area contributed by atoms with Crippen LogP contribution in [0.5, 0.6) is 0 Å². The van der Waals surface area contributed by atoms with E-state index < -0.39 is 0 Å². The topological polar surface area (TPSA) is 82.4 Å². The third-order valence-electron chi connectivity index (χ3n) is 4.70. The van der Waals surface area contributed by atoms with E-state index in [1.807, 2.05) is 42.2 Å². The SMILES string of the molecule is Cc1cc(C)c(C(=O)N2CCN(c3nc4ccccc4o3)CC2)c(=O)[nH]1. The molecular formula is C19H20N4O3. The highest BCUT2D eigenvalue weighted by molar-refractivity contribution is 5.95. The zero-order chi connectivity index (χ0) is 18.3. The number of piperazine rings is 1. The van der Waals surface area contributed by atoms with E-state index in [4.69, 9.17) is 4.42 Å². The minimum atomic E-state index is -0.325. The van der Waals surface area contributed by atoms with Crippen LogP contribution in [-0.2, 0) is 0 Å². The van der Waals surface area contributed by atoms with E-state index >= 15 is 0 Å². The molecule has 1 N–H and O–H groups in total. The number of oxazole rings is 1. The molecule has 1 aliphatic rings. The maximum atomic E-state index is 12.8. The molecule has 26 heavy (non-hydrogen) atoms. The number of benzene rings is 1. The van der Waals surface area contributed by atoms with E-state index in [9.17, 15) is 9.59 Å². The van der Waals surface area contributed by atoms with Crippen LogP contribution in [0.4, 0.5) is 6.01 Å². The molecule has 1 fully saturated rings. The van der Waals surface area contributed by atoms with Gasteiger partial charge in [0.25, 0.3) is 17.5 Å². The van der Waals surface area contributed by atoms with E-state index in [0.29, 0.717) is 37.8 Å². The van der Waals surface area contributed by atoms with Crippen molar-refractivity contribution in [1.29, 1.82) is 0 Å². The minimum Gasteiger partial charge on any atom is -0.423 e. The van der Waals surface area contributed by atoms with Gasteiger partial charge in [-0.3, -0.25) is 9.59 Å². The number of carbonyl (C=O) groups excluding carboxylic acids is 1. The molecule has 0 aliphatic carbocycles. The number of pyridine rings is 1. The number of nitrogens with zero attached hydrogens (tertiary/aromatic N) is 3. The maximum absolute atomic E-state index is 12.8. The predicted molar refractivity (Wildman–Crippen MR) is 98.7 cm³/mol. The second-order valence-electron chi connectivity index (χ2n) is 6.58. The third-order valence-corrected chi connectivity index (χ3v) is 4.70. The van der Waals surface area contributed by atoms with Crippen LogP contribution >= 0.6 is 0 Å². The molecule has 0 atom stereocenters. The highest BCUT2D eigenvalue weighted by atomic mass is 16.4. The Bertz CT molecular complexity index is 996. The number of amides is 1. The van der Waals surface area contributed by atoms with Gasteiger partial charge in [0, 0.05) is 31.9 Å². The Hall–Kier alpha value is -3.09. The number of hydrogen-bond acceptors (Lipinski definition) is 5. The lowest BCUT2D eigenvalue weighted by molar-refractivity contribution is 0.0742. The second kappa shape index (κ2) is 6.33. The first-order valence-corrected chi connectivity index (χ1v) is 8.63. The highest BCUT2D eigenvalue weighted by Gasteiger charge is 2.27. The normalized spacial score (nSPS) is 14.8. The lowest BCUT2D eigenvalue weighted by Gasteiger charge is -2.33. The lowest BCUT2D eigenvalue weighted by atomic mass is 10.1. The largest absolute Gasteiger partial charge is 0.423 e. The van der Waals surface area contributed by atoms with Crippen LogP contribution in [-0.4, -0.2) is 47.0 Å². The maximum Gasteiger partial charge on any atom is 0.298 e. The zero-order valence-electron chi connectivity index (χ0n) is 14.8. The molecule has 0 spiro atoms. The molecule has 1 aliphatic heterocycles. The first-order chi connectivity index (χ1) is 12.5. The van der Waals surface area contributed by atoms with E-state index in [2.05, 4.69) is 9.97 Å². The van der Waals surface area contributed by atoms with Gasteiger partial charge in [-0.15, -0.1) is 0 Å². The number of aromatic amines is 1. The number of nitrogens with one attached hydrogen (secondary N) is 1. The van der Waals surface area contributed by atoms with Crippen molar-refractivity contribution in [1.82, 2.24) is 14.9 Å². The molecule has 3 aromatic rings. The van der Waals surface area contributed by atoms with Gasteiger partial charge in [-0.05, 0) is 37.6 Å². The van der Waals surface area contributed by atoms with Gasteiger partial charge in [-0.2, -0.15) is 4.98 Å². The van der Waals surface area contributed by atoms with E-state index in [-0.39, 0.29) is 17.0 Å². The second-order valence-corrected chi connectivity index (χ2v) is 6.58. The van der Waals surface area contributed by atoms with Gasteiger partial charge >= 0.3 is 0 Å². The van der Waals surface area contributed by atoms with Crippen molar-refractivity contribution in [3.8, 4) is 0 Å². The fourth-order valence-corrected chi connectivity index (χ4v) is 3.37. The van der Waals surface area contributed by atoms with Gasteiger partial charge in [-0.25, -0.2) is 0 Å². The number of aryl methyl sites for hydroxylation is 2. The molecule has 3 heterocycles. The van der Waals surface area contributed by atoms with Crippen molar-refractivity contribution in [2.24, 2.45) is 0 Å². The number of H-pyrrole nitrogens is 1. The highest BCUT2D eigenvalue weighted by Crippen LogP contribution is 2.22. The zero-order valence-corrected chi connectivity index (χ0v) is 14.8. The van der Waals surface area contributed by atoms with Crippen molar-refractivity contribution in [2.75, 3.05) is 31.1 Å². The molecule has 134 valence electrons. The van der Waals surface area contributed by atoms with Crippen molar-refractivity contribution in [2.45, 2.75) is 13.8 Å². The fraction of sp³-hybridized carbons (Fsp3) is 0.316. The monoisotopic (exact) mass is 352 g/mol. The molecule has 0 unspecified atom stereocenters. The molecule has 0 radical (unpaired) electrons. The van der Waals surface area contributed by atoms with E-state index in [0.717, 1.165) is 16.8 Å². The smallest absolute Gasteiger partial charge is 0.298 e. The van der Waals surface area contributed by atoms with Crippen LogP contribution in [0.1, 0.15) is 21.6 Å². The van der Waals surface area contributed by atoms with Crippen molar-refractivity contribution in [3.63, 3.8) is 0 Å². The summed E-state index contributed by atoms with van der Waals surface area (Å²) >= 11 is 0. The Labute approximate surface area is 150 Å². The molecular weight excluding hydrogens is 332 g/mol. The lowest BCUT2D eigenvalue weighted by Crippen LogP contribution is -2.50. The van der Waals surface area contributed by atoms with Gasteiger partial charge < -0.3 is 19.2 Å². The van der Waals surface area contributed by atoms with Gasteiger partial charge in [-0.1, -0.05) is 12.1 Å². The number of hydrogen-bond donors (Lipinski definition) is 1. The quantitative estimate of drug-likeness (QED) is 0.764. The Morgan fingerprint density at radius 1 is 1.15 bits per heavy atom. The predicted octanol–water partition coefficient (Wildman–Crippen LogP) is 2.10. The summed E-state index contributed by atoms with van der Waals surface area (Å²) in [5.41, 5.74) is 2.94. The van der Waals surface area contributed by atoms with Crippen molar-refractivity contribution >= 4 is 23.0 Å². The van der Waals surface area contributed by atoms with Crippen LogP contribution in [0.2, 0.25) is 0 Å². The molecule has 1 aromatic carbocycles. The summed E-state index contributed by atoms with van der Waals surface area (Å²) in [4.78, 5) is 35.9. The van der Waals surface area contributed by atoms with Gasteiger partial charge in [0.15, 0.2) is 5.58 Å². The summed E-state index contributed by atoms with van der Waals surface area (Å²) in [5, 5.41) is 0. The molecule has 4 rings (SSSR count). The summed E-state index contributed by atoms with van der Waals surface area (Å²) in [6.07, 6.45) is 0. The summed E-state index contributed by atoms with van der Waals surface area (Å²) in [6, 6.07) is 10.0. The van der Waals surface area contributed by atoms with Crippen LogP contribution < -0.4 is 10.5 Å². The molecule has 2 aromatic heterocycles. The van der Waals surface area contributed by atoms with Crippen LogP contribution in [0.15, 0.2) is 39.5 Å². The van der Waals surface area contributed by atoms with Gasteiger partial charge in [0.1, 0.15) is 11.1 Å². The number of anilines is 1. The third kappa shape index (κ3) is 2.85. The summed E-state index contributed by atoms with van der Waals surface area (Å²) < 4.78 is 5.80. The van der Waals surface area contributed by atoms with Crippen molar-refractivity contribution in [3.05, 3.63) is 57.5 Å². The summed E-state index contributed by atoms with van der Waals surface area (Å²) in [7, 11) is 0. The fourth-order valence-electron chi connectivity index (χ4n) is 3.37. The first kappa shape index (κ1) is 16.4. The Kier molecular flexibility index (Phi) is 3.99. The summed E-state index contributed by atoms with van der Waals surface area (Å²) in [6.45, 7) is 5.86. The molecule has 7 heteroatoms. The Morgan fingerprint density at radius 2 is 1.88 bits per heavy atom. The number of fused-ring (bicyclic) bond motifs is 1. The van der Waals surface area contributed by atoms with Crippen LogP contribution in [0.3, 0.4) is 0 Å². The van der Waals surface area contributed by atoms with Gasteiger partial charge in [0.05, 0.1) is 0 Å². The Balaban J connectivity index is 1.50. The average molecular weight is 352 g/mol. The summed E-state index contributed by atoms with van der Waals surface area (Å²) in [5.74, 6) is -0.221. The van der Waals surface area contributed by atoms with Crippen LogP contribution in [0, 0.1) is 13.8 Å². The average Bonchev–Trinajstić information content (AvgIpc) is 3.05. The number of rotatable bonds is 2. The number of para-hydroxylation sites is 2. The van der Waals surface area contributed by atoms with E-state index in [1.54, 1.807) is 11.8 Å². The molecule has 1 amide bonds. The molecule has 7 nitrogen and oxygen atoms in total. The molecule has 0 saturated carbocycles. The number of aromatic nitrogens is 2. The molecule has 0 bridgehead atoms. The van der Waals surface area contributed by atoms with E-state index in [1.165, 1.54) is 0 Å². The molecule has 1 saturated heterocycles. The number of carbonyl (C=O) groups is 1.